The average molecular weight is 382 g/mol. The molecule has 0 aliphatic carbocycles. The summed E-state index contributed by atoms with van der Waals surface area (Å²) < 4.78 is 1.78. The van der Waals surface area contributed by atoms with Crippen molar-refractivity contribution in [2.45, 2.75) is 31.7 Å². The number of hydrogen-bond acceptors (Lipinski definition) is 5. The number of hydrogen-bond donors (Lipinski definition) is 2. The number of likely N-dealkylation sites (tertiary alicyclic amines) is 1. The first-order valence-electron chi connectivity index (χ1n) is 9.95. The fourth-order valence-electron chi connectivity index (χ4n) is 3.96. The van der Waals surface area contributed by atoms with Crippen molar-refractivity contribution in [1.82, 2.24) is 30.1 Å². The molecule has 2 N–H and O–H groups in total. The number of pyridine rings is 1. The van der Waals surface area contributed by atoms with Crippen LogP contribution in [-0.2, 0) is 4.79 Å². The second kappa shape index (κ2) is 8.52. The fraction of sp³-hybridized carbons (Fsp3) is 0.500. The SMILES string of the molecule is O=C(NCC1CCCN(C(=O)c2ccnc(-n3ccnc3)c2)C1)C1CCCN1. The lowest BCUT2D eigenvalue weighted by molar-refractivity contribution is -0.123. The van der Waals surface area contributed by atoms with Crippen LogP contribution in [0.1, 0.15) is 36.0 Å². The molecule has 4 heterocycles. The van der Waals surface area contributed by atoms with Crippen LogP contribution in [0.3, 0.4) is 0 Å². The Kier molecular flexibility index (Phi) is 5.66. The summed E-state index contributed by atoms with van der Waals surface area (Å²) >= 11 is 0. The van der Waals surface area contributed by atoms with Gasteiger partial charge in [-0.1, -0.05) is 0 Å². The quantitative estimate of drug-likeness (QED) is 0.805. The monoisotopic (exact) mass is 382 g/mol. The first-order valence-corrected chi connectivity index (χ1v) is 9.95. The lowest BCUT2D eigenvalue weighted by atomic mass is 9.97. The van der Waals surface area contributed by atoms with E-state index in [2.05, 4.69) is 20.6 Å². The van der Waals surface area contributed by atoms with E-state index >= 15 is 0 Å². The van der Waals surface area contributed by atoms with Crippen molar-refractivity contribution in [3.8, 4) is 5.82 Å². The smallest absolute Gasteiger partial charge is 0.254 e. The molecular formula is C20H26N6O2. The summed E-state index contributed by atoms with van der Waals surface area (Å²) in [6.45, 7) is 2.95. The number of imidazole rings is 1. The molecule has 0 saturated carbocycles. The zero-order valence-corrected chi connectivity index (χ0v) is 15.9. The summed E-state index contributed by atoms with van der Waals surface area (Å²) in [4.78, 5) is 35.4. The highest BCUT2D eigenvalue weighted by Gasteiger charge is 2.27. The minimum atomic E-state index is -0.0558. The predicted octanol–water partition coefficient (Wildman–Crippen LogP) is 0.988. The third kappa shape index (κ3) is 4.22. The van der Waals surface area contributed by atoms with Crippen LogP contribution in [0, 0.1) is 5.92 Å². The first kappa shape index (κ1) is 18.6. The van der Waals surface area contributed by atoms with E-state index in [9.17, 15) is 9.59 Å². The van der Waals surface area contributed by atoms with Crippen LogP contribution in [0.4, 0.5) is 0 Å². The molecule has 2 aliphatic rings. The summed E-state index contributed by atoms with van der Waals surface area (Å²) in [5, 5.41) is 6.28. The minimum Gasteiger partial charge on any atom is -0.354 e. The molecule has 2 aliphatic heterocycles. The van der Waals surface area contributed by atoms with E-state index in [-0.39, 0.29) is 23.8 Å². The number of aromatic nitrogens is 3. The third-order valence-corrected chi connectivity index (χ3v) is 5.51. The number of carbonyl (C=O) groups excluding carboxylic acids is 2. The summed E-state index contributed by atoms with van der Waals surface area (Å²) in [5.41, 5.74) is 0.624. The van der Waals surface area contributed by atoms with Crippen LogP contribution in [0.5, 0.6) is 0 Å². The van der Waals surface area contributed by atoms with Crippen molar-refractivity contribution in [2.24, 2.45) is 5.92 Å². The highest BCUT2D eigenvalue weighted by atomic mass is 16.2. The van der Waals surface area contributed by atoms with Gasteiger partial charge in [0.2, 0.25) is 5.91 Å². The molecule has 148 valence electrons. The molecule has 2 aromatic rings. The largest absolute Gasteiger partial charge is 0.354 e. The molecule has 8 heteroatoms. The Balaban J connectivity index is 1.35. The van der Waals surface area contributed by atoms with Crippen LogP contribution in [0.25, 0.3) is 5.82 Å². The Hall–Kier alpha value is -2.74. The van der Waals surface area contributed by atoms with Crippen molar-refractivity contribution in [3.63, 3.8) is 0 Å². The standard InChI is InChI=1S/C20H26N6O2/c27-19(17-4-1-6-22-17)24-12-15-3-2-9-25(13-15)20(28)16-5-7-23-18(11-16)26-10-8-21-14-26/h5,7-8,10-11,14-15,17,22H,1-4,6,9,12-13H2,(H,24,27). The Morgan fingerprint density at radius 3 is 2.96 bits per heavy atom. The van der Waals surface area contributed by atoms with Gasteiger partial charge in [-0.15, -0.1) is 0 Å². The topological polar surface area (TPSA) is 92.2 Å². The third-order valence-electron chi connectivity index (χ3n) is 5.51. The molecule has 0 aromatic carbocycles. The van der Waals surface area contributed by atoms with Crippen molar-refractivity contribution in [1.29, 1.82) is 0 Å². The lowest BCUT2D eigenvalue weighted by Crippen LogP contribution is -2.46. The maximum atomic E-state index is 13.0. The molecule has 28 heavy (non-hydrogen) atoms. The van der Waals surface area contributed by atoms with Crippen LogP contribution in [0.2, 0.25) is 0 Å². The molecule has 0 radical (unpaired) electrons. The normalized spacial score (nSPS) is 22.2. The van der Waals surface area contributed by atoms with Crippen molar-refractivity contribution >= 4 is 11.8 Å². The van der Waals surface area contributed by atoms with Gasteiger partial charge in [0.25, 0.3) is 5.91 Å². The van der Waals surface area contributed by atoms with Gasteiger partial charge in [-0.25, -0.2) is 9.97 Å². The van der Waals surface area contributed by atoms with Gasteiger partial charge in [0.15, 0.2) is 0 Å². The van der Waals surface area contributed by atoms with Gasteiger partial charge < -0.3 is 15.5 Å². The highest BCUT2D eigenvalue weighted by molar-refractivity contribution is 5.94. The van der Waals surface area contributed by atoms with Gasteiger partial charge in [-0.3, -0.25) is 14.2 Å². The highest BCUT2D eigenvalue weighted by Crippen LogP contribution is 2.19. The van der Waals surface area contributed by atoms with Gasteiger partial charge >= 0.3 is 0 Å². The number of rotatable bonds is 5. The van der Waals surface area contributed by atoms with Gasteiger partial charge in [0.1, 0.15) is 12.1 Å². The van der Waals surface area contributed by atoms with Crippen molar-refractivity contribution in [2.75, 3.05) is 26.2 Å². The van der Waals surface area contributed by atoms with Gasteiger partial charge in [-0.05, 0) is 50.3 Å². The molecule has 2 fully saturated rings. The van der Waals surface area contributed by atoms with E-state index in [1.807, 2.05) is 4.90 Å². The van der Waals surface area contributed by atoms with E-state index in [0.29, 0.717) is 24.5 Å². The summed E-state index contributed by atoms with van der Waals surface area (Å²) in [7, 11) is 0. The molecule has 2 amide bonds. The molecule has 2 unspecified atom stereocenters. The van der Waals surface area contributed by atoms with Crippen LogP contribution < -0.4 is 10.6 Å². The molecule has 2 aromatic heterocycles. The van der Waals surface area contributed by atoms with Gasteiger partial charge in [0, 0.05) is 43.8 Å². The average Bonchev–Trinajstić information content (AvgIpc) is 3.46. The number of carbonyl (C=O) groups is 2. The van der Waals surface area contributed by atoms with E-state index in [1.165, 1.54) is 0 Å². The second-order valence-corrected chi connectivity index (χ2v) is 7.53. The molecular weight excluding hydrogens is 356 g/mol. The Morgan fingerprint density at radius 1 is 1.25 bits per heavy atom. The Morgan fingerprint density at radius 2 is 2.18 bits per heavy atom. The zero-order valence-electron chi connectivity index (χ0n) is 15.9. The fourth-order valence-corrected chi connectivity index (χ4v) is 3.96. The maximum absolute atomic E-state index is 13.0. The number of nitrogens with one attached hydrogen (secondary N) is 2. The van der Waals surface area contributed by atoms with Gasteiger partial charge in [0.05, 0.1) is 6.04 Å². The number of nitrogens with zero attached hydrogens (tertiary/aromatic N) is 4. The van der Waals surface area contributed by atoms with E-state index in [0.717, 1.165) is 38.8 Å². The Labute approximate surface area is 164 Å². The molecule has 0 bridgehead atoms. The van der Waals surface area contributed by atoms with E-state index in [1.54, 1.807) is 41.6 Å². The molecule has 0 spiro atoms. The maximum Gasteiger partial charge on any atom is 0.254 e. The molecule has 2 atom stereocenters. The van der Waals surface area contributed by atoms with Gasteiger partial charge in [-0.2, -0.15) is 0 Å². The summed E-state index contributed by atoms with van der Waals surface area (Å²) in [6.07, 6.45) is 10.7. The molecule has 2 saturated heterocycles. The summed E-state index contributed by atoms with van der Waals surface area (Å²) in [6, 6.07) is 3.49. The van der Waals surface area contributed by atoms with Crippen molar-refractivity contribution in [3.05, 3.63) is 42.6 Å². The Bertz CT molecular complexity index is 816. The lowest BCUT2D eigenvalue weighted by Gasteiger charge is -2.33. The predicted molar refractivity (Wildman–Crippen MR) is 104 cm³/mol. The van der Waals surface area contributed by atoms with Crippen LogP contribution in [0.15, 0.2) is 37.1 Å². The van der Waals surface area contributed by atoms with E-state index in [4.69, 9.17) is 0 Å². The number of amides is 2. The summed E-state index contributed by atoms with van der Waals surface area (Å²) in [5.74, 6) is 1.06. The number of piperidine rings is 1. The first-order chi connectivity index (χ1) is 13.7. The second-order valence-electron chi connectivity index (χ2n) is 7.53. The van der Waals surface area contributed by atoms with Crippen LogP contribution in [-0.4, -0.2) is 63.5 Å². The zero-order chi connectivity index (χ0) is 19.3. The minimum absolute atomic E-state index is 0.0113. The van der Waals surface area contributed by atoms with Crippen molar-refractivity contribution < 1.29 is 9.59 Å². The molecule has 4 rings (SSSR count). The molecule has 8 nitrogen and oxygen atoms in total. The van der Waals surface area contributed by atoms with Crippen LogP contribution >= 0.6 is 0 Å². The van der Waals surface area contributed by atoms with E-state index < -0.39 is 0 Å².